The molecule has 1 heterocycles. The van der Waals surface area contributed by atoms with Crippen molar-refractivity contribution >= 4 is 43.1 Å². The second kappa shape index (κ2) is 17.1. The molecule has 6 N–H and O–H groups in total. The van der Waals surface area contributed by atoms with Gasteiger partial charge in [0.15, 0.2) is 6.10 Å². The summed E-state index contributed by atoms with van der Waals surface area (Å²) in [5.74, 6) is 0.570. The predicted octanol–water partition coefficient (Wildman–Crippen LogP) is 5.73. The molecule has 1 aromatic heterocycles. The first-order chi connectivity index (χ1) is 19.7. The molecule has 0 saturated heterocycles. The summed E-state index contributed by atoms with van der Waals surface area (Å²) in [6.45, 7) is 15.3. The Hall–Kier alpha value is -2.30. The van der Waals surface area contributed by atoms with Crippen molar-refractivity contribution in [2.45, 2.75) is 92.3 Å². The quantitative estimate of drug-likeness (QED) is 0.0845. The molecule has 1 aromatic carbocycles. The number of carbonyl (C=O) groups excluding carboxylic acids is 2. The number of aromatic nitrogens is 1. The van der Waals surface area contributed by atoms with Gasteiger partial charge in [-0.2, -0.15) is 0 Å². The van der Waals surface area contributed by atoms with Crippen molar-refractivity contribution in [1.29, 1.82) is 0 Å². The van der Waals surface area contributed by atoms with Crippen molar-refractivity contribution in [3.05, 3.63) is 39.8 Å². The Morgan fingerprint density at radius 2 is 1.86 bits per heavy atom. The van der Waals surface area contributed by atoms with Gasteiger partial charge < -0.3 is 35.6 Å². The highest BCUT2D eigenvalue weighted by atomic mass is 32.1. The minimum absolute atomic E-state index is 0.169. The molecule has 4 atom stereocenters. The van der Waals surface area contributed by atoms with Crippen LogP contribution < -0.4 is 16.1 Å². The number of hydrogen-bond acceptors (Lipinski definition) is 10. The van der Waals surface area contributed by atoms with Crippen molar-refractivity contribution < 1.29 is 24.1 Å². The van der Waals surface area contributed by atoms with Crippen molar-refractivity contribution in [3.63, 3.8) is 0 Å². The van der Waals surface area contributed by atoms with Gasteiger partial charge >= 0.3 is 5.97 Å². The standard InChI is InChI=1S/C30H50N5O5PS/c1-9-20(6)16-35(8)27(19(4)5)15-28(40-21(7)36)30-33-26(17-42-30)29(37)32-23(12-18(2)3)13-22-10-11-25(24(31)14-22)34-41(38)39/h10-11,14,17-20,23,27-28,34,38-39H,9,12-13,15-16,31H2,1-8H3,(H,32,37)/t20-,23+,27?,28+/m0/s1. The Bertz CT molecular complexity index is 1150. The van der Waals surface area contributed by atoms with Crippen molar-refractivity contribution in [2.24, 2.45) is 17.8 Å². The lowest BCUT2D eigenvalue weighted by molar-refractivity contribution is -0.148. The van der Waals surface area contributed by atoms with Gasteiger partial charge in [-0.05, 0) is 55.3 Å². The van der Waals surface area contributed by atoms with E-state index < -0.39 is 14.6 Å². The Morgan fingerprint density at radius 3 is 2.40 bits per heavy atom. The van der Waals surface area contributed by atoms with Crippen LogP contribution in [-0.2, 0) is 16.0 Å². The van der Waals surface area contributed by atoms with E-state index in [9.17, 15) is 19.4 Å². The smallest absolute Gasteiger partial charge is 0.303 e. The van der Waals surface area contributed by atoms with Crippen LogP contribution in [0.1, 0.15) is 94.9 Å². The molecule has 2 rings (SSSR count). The van der Waals surface area contributed by atoms with Crippen LogP contribution >= 0.6 is 19.9 Å². The third-order valence-corrected chi connectivity index (χ3v) is 8.71. The molecule has 12 heteroatoms. The molecular formula is C30H50N5O5PS. The summed E-state index contributed by atoms with van der Waals surface area (Å²) in [5, 5.41) is 8.01. The number of thiazole rings is 1. The van der Waals surface area contributed by atoms with Gasteiger partial charge in [-0.1, -0.05) is 54.0 Å². The average molecular weight is 624 g/mol. The highest BCUT2D eigenvalue weighted by Crippen LogP contribution is 2.32. The van der Waals surface area contributed by atoms with Crippen molar-refractivity contribution in [1.82, 2.24) is 15.2 Å². The first-order valence-corrected chi connectivity index (χ1v) is 16.8. The lowest BCUT2D eigenvalue weighted by Crippen LogP contribution is -2.40. The number of nitrogens with two attached hydrogens (primary N) is 1. The lowest BCUT2D eigenvalue weighted by atomic mass is 9.95. The molecular weight excluding hydrogens is 573 g/mol. The van der Waals surface area contributed by atoms with E-state index in [1.165, 1.54) is 18.3 Å². The largest absolute Gasteiger partial charge is 0.455 e. The Morgan fingerprint density at radius 1 is 1.17 bits per heavy atom. The van der Waals surface area contributed by atoms with Gasteiger partial charge in [0.2, 0.25) is 0 Å². The molecule has 42 heavy (non-hydrogen) atoms. The van der Waals surface area contributed by atoms with E-state index in [2.05, 4.69) is 68.9 Å². The summed E-state index contributed by atoms with van der Waals surface area (Å²) in [6.07, 6.45) is 2.44. The molecule has 1 amide bonds. The molecule has 0 spiro atoms. The fourth-order valence-electron chi connectivity index (χ4n) is 5.13. The lowest BCUT2D eigenvalue weighted by Gasteiger charge is -2.34. The number of anilines is 2. The van der Waals surface area contributed by atoms with Crippen LogP contribution in [0.4, 0.5) is 11.4 Å². The number of esters is 1. The SMILES string of the molecule is CC[C@H](C)CN(C)C(C[C@@H](OC(C)=O)c1nc(C(=O)N[C@@H](Cc2ccc(NP(O)O)c(N)c2)CC(C)C)cs1)C(C)C. The van der Waals surface area contributed by atoms with Gasteiger partial charge in [-0.3, -0.25) is 9.59 Å². The topological polar surface area (TPSA) is 150 Å². The fraction of sp³-hybridized carbons (Fsp3) is 0.633. The molecule has 0 aliphatic carbocycles. The number of carbonyl (C=O) groups is 2. The zero-order chi connectivity index (χ0) is 31.6. The summed E-state index contributed by atoms with van der Waals surface area (Å²) in [7, 11) is -0.199. The Labute approximate surface area is 256 Å². The summed E-state index contributed by atoms with van der Waals surface area (Å²) in [6, 6.07) is 5.33. The first-order valence-electron chi connectivity index (χ1n) is 14.7. The molecule has 0 radical (unpaired) electrons. The van der Waals surface area contributed by atoms with E-state index in [-0.39, 0.29) is 24.0 Å². The van der Waals surface area contributed by atoms with E-state index in [0.717, 1.165) is 24.9 Å². The van der Waals surface area contributed by atoms with Crippen LogP contribution in [0.2, 0.25) is 0 Å². The van der Waals surface area contributed by atoms with Crippen LogP contribution in [0.3, 0.4) is 0 Å². The minimum atomic E-state index is -2.32. The first kappa shape index (κ1) is 35.9. The Balaban J connectivity index is 2.21. The number of rotatable bonds is 17. The summed E-state index contributed by atoms with van der Waals surface area (Å²) in [4.78, 5) is 50.9. The molecule has 236 valence electrons. The predicted molar refractivity (Wildman–Crippen MR) is 172 cm³/mol. The highest BCUT2D eigenvalue weighted by molar-refractivity contribution is 7.46. The zero-order valence-corrected chi connectivity index (χ0v) is 28.0. The van der Waals surface area contributed by atoms with E-state index in [1.54, 1.807) is 17.5 Å². The molecule has 0 aliphatic rings. The summed E-state index contributed by atoms with van der Waals surface area (Å²) >= 11 is 1.33. The second-order valence-corrected chi connectivity index (χ2v) is 13.7. The number of amides is 1. The summed E-state index contributed by atoms with van der Waals surface area (Å²) < 4.78 is 5.75. The maximum atomic E-state index is 13.3. The van der Waals surface area contributed by atoms with Gasteiger partial charge in [-0.25, -0.2) is 4.98 Å². The van der Waals surface area contributed by atoms with E-state index in [1.807, 2.05) is 6.07 Å². The number of ether oxygens (including phenoxy) is 1. The van der Waals surface area contributed by atoms with Crippen LogP contribution in [0.5, 0.6) is 0 Å². The molecule has 0 fully saturated rings. The summed E-state index contributed by atoms with van der Waals surface area (Å²) in [5.41, 5.74) is 8.16. The van der Waals surface area contributed by atoms with Gasteiger partial charge in [0.05, 0.1) is 11.4 Å². The molecule has 0 aliphatic heterocycles. The van der Waals surface area contributed by atoms with Crippen LogP contribution in [0, 0.1) is 17.8 Å². The highest BCUT2D eigenvalue weighted by Gasteiger charge is 2.29. The second-order valence-electron chi connectivity index (χ2n) is 12.0. The monoisotopic (exact) mass is 623 g/mol. The van der Waals surface area contributed by atoms with Crippen molar-refractivity contribution in [3.8, 4) is 0 Å². The average Bonchev–Trinajstić information content (AvgIpc) is 3.37. The van der Waals surface area contributed by atoms with Crippen LogP contribution in [0.15, 0.2) is 23.6 Å². The minimum Gasteiger partial charge on any atom is -0.455 e. The molecule has 0 bridgehead atoms. The molecule has 0 saturated carbocycles. The van der Waals surface area contributed by atoms with Crippen LogP contribution in [0.25, 0.3) is 0 Å². The maximum absolute atomic E-state index is 13.3. The van der Waals surface area contributed by atoms with E-state index in [4.69, 9.17) is 10.5 Å². The number of nitrogens with zero attached hydrogens (tertiary/aromatic N) is 2. The Kier molecular flexibility index (Phi) is 14.6. The van der Waals surface area contributed by atoms with E-state index >= 15 is 0 Å². The molecule has 10 nitrogen and oxygen atoms in total. The zero-order valence-electron chi connectivity index (χ0n) is 26.3. The molecule has 1 unspecified atom stereocenters. The van der Waals surface area contributed by atoms with Gasteiger partial charge in [-0.15, -0.1) is 11.3 Å². The number of benzene rings is 1. The number of hydrogen-bond donors (Lipinski definition) is 5. The third kappa shape index (κ3) is 11.8. The van der Waals surface area contributed by atoms with Crippen LogP contribution in [-0.4, -0.2) is 57.2 Å². The van der Waals surface area contributed by atoms with Crippen molar-refractivity contribution in [2.75, 3.05) is 24.4 Å². The normalized spacial score (nSPS) is 14.7. The fourth-order valence-corrected chi connectivity index (χ4v) is 6.39. The number of nitrogen functional groups attached to an aromatic ring is 1. The molecule has 2 aromatic rings. The number of nitrogens with one attached hydrogen (secondary N) is 2. The van der Waals surface area contributed by atoms with Gasteiger partial charge in [0.1, 0.15) is 10.7 Å². The van der Waals surface area contributed by atoms with Gasteiger partial charge in [0.25, 0.3) is 14.4 Å². The van der Waals surface area contributed by atoms with Gasteiger partial charge in [0, 0.05) is 37.4 Å². The third-order valence-electron chi connectivity index (χ3n) is 7.34. The van der Waals surface area contributed by atoms with E-state index in [0.29, 0.717) is 52.7 Å². The maximum Gasteiger partial charge on any atom is 0.303 e.